The second-order valence-corrected chi connectivity index (χ2v) is 7.97. The van der Waals surface area contributed by atoms with E-state index in [2.05, 4.69) is 5.32 Å². The van der Waals surface area contributed by atoms with Crippen molar-refractivity contribution in [2.24, 2.45) is 0 Å². The van der Waals surface area contributed by atoms with Crippen molar-refractivity contribution < 1.29 is 23.9 Å². The second kappa shape index (κ2) is 9.01. The fourth-order valence-electron chi connectivity index (χ4n) is 3.16. The molecule has 1 aromatic carbocycles. The molecule has 6 nitrogen and oxygen atoms in total. The minimum absolute atomic E-state index is 0.238. The number of esters is 1. The van der Waals surface area contributed by atoms with Gasteiger partial charge in [-0.3, -0.25) is 9.59 Å². The second-order valence-electron chi connectivity index (χ2n) is 6.86. The highest BCUT2D eigenvalue weighted by molar-refractivity contribution is 7.17. The molecule has 0 radical (unpaired) electrons. The zero-order chi connectivity index (χ0) is 20.1. The van der Waals surface area contributed by atoms with Gasteiger partial charge in [0.25, 0.3) is 5.91 Å². The molecule has 1 N–H and O–H groups in total. The van der Waals surface area contributed by atoms with E-state index in [4.69, 9.17) is 9.47 Å². The Balaban J connectivity index is 1.75. The molecule has 0 bridgehead atoms. The Morgan fingerprint density at radius 2 is 1.96 bits per heavy atom. The van der Waals surface area contributed by atoms with Gasteiger partial charge in [-0.25, -0.2) is 4.79 Å². The number of hydrogen-bond donors (Lipinski definition) is 1. The Morgan fingerprint density at radius 1 is 1.21 bits per heavy atom. The van der Waals surface area contributed by atoms with Crippen LogP contribution in [0.5, 0.6) is 5.75 Å². The summed E-state index contributed by atoms with van der Waals surface area (Å²) < 4.78 is 10.9. The number of hydrogen-bond acceptors (Lipinski definition) is 6. The Labute approximate surface area is 167 Å². The van der Waals surface area contributed by atoms with Crippen LogP contribution < -0.4 is 10.1 Å². The van der Waals surface area contributed by atoms with E-state index in [1.165, 1.54) is 11.3 Å². The predicted octanol–water partition coefficient (Wildman–Crippen LogP) is 4.02. The van der Waals surface area contributed by atoms with Gasteiger partial charge < -0.3 is 14.8 Å². The number of benzene rings is 1. The van der Waals surface area contributed by atoms with Crippen molar-refractivity contribution in [1.29, 1.82) is 0 Å². The van der Waals surface area contributed by atoms with E-state index < -0.39 is 11.9 Å². The molecule has 1 aliphatic carbocycles. The molecule has 148 valence electrons. The smallest absolute Gasteiger partial charge is 0.341 e. The maximum atomic E-state index is 12.6. The van der Waals surface area contributed by atoms with Crippen LogP contribution in [0.4, 0.5) is 5.00 Å². The molecule has 1 aliphatic rings. The molecule has 28 heavy (non-hydrogen) atoms. The van der Waals surface area contributed by atoms with Crippen molar-refractivity contribution in [3.05, 3.63) is 45.8 Å². The number of para-hydroxylation sites is 1. The molecule has 3 rings (SSSR count). The number of carbonyl (C=O) groups is 3. The topological polar surface area (TPSA) is 81.7 Å². The third kappa shape index (κ3) is 4.59. The van der Waals surface area contributed by atoms with Gasteiger partial charge >= 0.3 is 5.97 Å². The summed E-state index contributed by atoms with van der Waals surface area (Å²) in [5, 5.41) is 3.30. The van der Waals surface area contributed by atoms with Crippen LogP contribution in [0.2, 0.25) is 0 Å². The SMILES string of the molecule is CC(C)OC(=O)c1c(NC(=O)COc2ccccc2C=O)sc2c1CCCC2. The highest BCUT2D eigenvalue weighted by Crippen LogP contribution is 2.38. The van der Waals surface area contributed by atoms with Gasteiger partial charge in [-0.1, -0.05) is 12.1 Å². The Morgan fingerprint density at radius 3 is 2.71 bits per heavy atom. The van der Waals surface area contributed by atoms with Crippen LogP contribution in [-0.4, -0.2) is 30.9 Å². The molecule has 0 fully saturated rings. The molecule has 0 unspecified atom stereocenters. The van der Waals surface area contributed by atoms with E-state index >= 15 is 0 Å². The molecule has 7 heteroatoms. The molecule has 1 amide bonds. The summed E-state index contributed by atoms with van der Waals surface area (Å²) in [5.41, 5.74) is 1.84. The Hall–Kier alpha value is -2.67. The van der Waals surface area contributed by atoms with E-state index in [0.29, 0.717) is 28.2 Å². The number of aldehydes is 1. The molecule has 0 atom stereocenters. The fourth-order valence-corrected chi connectivity index (χ4v) is 4.45. The van der Waals surface area contributed by atoms with Crippen LogP contribution in [0.25, 0.3) is 0 Å². The number of aryl methyl sites for hydroxylation is 1. The predicted molar refractivity (Wildman–Crippen MR) is 107 cm³/mol. The number of fused-ring (bicyclic) bond motifs is 1. The highest BCUT2D eigenvalue weighted by Gasteiger charge is 2.28. The summed E-state index contributed by atoms with van der Waals surface area (Å²) in [5.74, 6) is -0.452. The number of anilines is 1. The van der Waals surface area contributed by atoms with Gasteiger partial charge in [0.05, 0.1) is 17.2 Å². The summed E-state index contributed by atoms with van der Waals surface area (Å²) >= 11 is 1.43. The lowest BCUT2D eigenvalue weighted by Gasteiger charge is -2.14. The molecule has 1 heterocycles. The number of amides is 1. The van der Waals surface area contributed by atoms with Gasteiger partial charge in [-0.15, -0.1) is 11.3 Å². The number of thiophene rings is 1. The fraction of sp³-hybridized carbons (Fsp3) is 0.381. The maximum absolute atomic E-state index is 12.6. The largest absolute Gasteiger partial charge is 0.483 e. The Kier molecular flexibility index (Phi) is 6.46. The van der Waals surface area contributed by atoms with Crippen LogP contribution in [0.3, 0.4) is 0 Å². The van der Waals surface area contributed by atoms with Crippen LogP contribution >= 0.6 is 11.3 Å². The third-order valence-electron chi connectivity index (χ3n) is 4.38. The van der Waals surface area contributed by atoms with Crippen molar-refractivity contribution in [3.63, 3.8) is 0 Å². The van der Waals surface area contributed by atoms with E-state index in [1.54, 1.807) is 38.1 Å². The van der Waals surface area contributed by atoms with E-state index in [1.807, 2.05) is 0 Å². The average Bonchev–Trinajstić information content (AvgIpc) is 3.03. The van der Waals surface area contributed by atoms with Crippen molar-refractivity contribution in [3.8, 4) is 5.75 Å². The number of nitrogens with one attached hydrogen (secondary N) is 1. The van der Waals surface area contributed by atoms with Crippen molar-refractivity contribution >= 4 is 34.5 Å². The first-order chi connectivity index (χ1) is 13.5. The molecular formula is C21H23NO5S. The molecule has 0 saturated heterocycles. The zero-order valence-electron chi connectivity index (χ0n) is 15.9. The lowest BCUT2D eigenvalue weighted by Crippen LogP contribution is -2.22. The van der Waals surface area contributed by atoms with Crippen LogP contribution in [0, 0.1) is 0 Å². The van der Waals surface area contributed by atoms with Crippen LogP contribution in [0.1, 0.15) is 57.8 Å². The van der Waals surface area contributed by atoms with Crippen molar-refractivity contribution in [2.75, 3.05) is 11.9 Å². The number of rotatable bonds is 7. The van der Waals surface area contributed by atoms with Crippen LogP contribution in [-0.2, 0) is 22.4 Å². The van der Waals surface area contributed by atoms with Gasteiger partial charge in [0.1, 0.15) is 10.8 Å². The normalized spacial score (nSPS) is 13.0. The van der Waals surface area contributed by atoms with E-state index in [9.17, 15) is 14.4 Å². The summed E-state index contributed by atoms with van der Waals surface area (Å²) in [4.78, 5) is 37.2. The summed E-state index contributed by atoms with van der Waals surface area (Å²) in [7, 11) is 0. The summed E-state index contributed by atoms with van der Waals surface area (Å²) in [6, 6.07) is 6.70. The minimum atomic E-state index is -0.406. The Bertz CT molecular complexity index is 887. The number of ether oxygens (including phenoxy) is 2. The quantitative estimate of drug-likeness (QED) is 0.560. The minimum Gasteiger partial charge on any atom is -0.483 e. The molecule has 0 saturated carbocycles. The maximum Gasteiger partial charge on any atom is 0.341 e. The first-order valence-electron chi connectivity index (χ1n) is 9.32. The van der Waals surface area contributed by atoms with Gasteiger partial charge in [-0.2, -0.15) is 0 Å². The van der Waals surface area contributed by atoms with E-state index in [-0.39, 0.29) is 12.7 Å². The third-order valence-corrected chi connectivity index (χ3v) is 5.58. The van der Waals surface area contributed by atoms with Gasteiger partial charge in [0.15, 0.2) is 12.9 Å². The highest BCUT2D eigenvalue weighted by atomic mass is 32.1. The first-order valence-corrected chi connectivity index (χ1v) is 10.1. The molecule has 0 aliphatic heterocycles. The molecular weight excluding hydrogens is 378 g/mol. The summed E-state index contributed by atoms with van der Waals surface area (Å²) in [6.07, 6.45) is 4.25. The molecule has 0 spiro atoms. The lowest BCUT2D eigenvalue weighted by molar-refractivity contribution is -0.118. The molecule has 1 aromatic heterocycles. The van der Waals surface area contributed by atoms with Gasteiger partial charge in [0.2, 0.25) is 0 Å². The van der Waals surface area contributed by atoms with Gasteiger partial charge in [-0.05, 0) is 57.2 Å². The van der Waals surface area contributed by atoms with Crippen LogP contribution in [0.15, 0.2) is 24.3 Å². The lowest BCUT2D eigenvalue weighted by atomic mass is 9.95. The number of carbonyl (C=O) groups excluding carboxylic acids is 3. The first kappa shape index (κ1) is 20.1. The van der Waals surface area contributed by atoms with Crippen molar-refractivity contribution in [1.82, 2.24) is 0 Å². The summed E-state index contributed by atoms with van der Waals surface area (Å²) in [6.45, 7) is 3.34. The average molecular weight is 401 g/mol. The van der Waals surface area contributed by atoms with Gasteiger partial charge in [0, 0.05) is 4.88 Å². The molecule has 2 aromatic rings. The monoisotopic (exact) mass is 401 g/mol. The van der Waals surface area contributed by atoms with Crippen molar-refractivity contribution in [2.45, 2.75) is 45.6 Å². The standard InChI is InChI=1S/C21H23NO5S/c1-13(2)27-21(25)19-15-8-4-6-10-17(15)28-20(19)22-18(24)12-26-16-9-5-3-7-14(16)11-23/h3,5,7,9,11,13H,4,6,8,10,12H2,1-2H3,(H,22,24). The van der Waals surface area contributed by atoms with E-state index in [0.717, 1.165) is 36.1 Å². The zero-order valence-corrected chi connectivity index (χ0v) is 16.8.